The minimum absolute atomic E-state index is 0.101. The molecule has 2 heteroatoms. The lowest BCUT2D eigenvalue weighted by Crippen LogP contribution is -2.89. The van der Waals surface area contributed by atoms with Crippen molar-refractivity contribution in [2.75, 3.05) is 0 Å². The van der Waals surface area contributed by atoms with E-state index in [2.05, 4.69) is 6.92 Å². The molecular weight excluding hydrogens is 270 g/mol. The Labute approximate surface area is 140 Å². The van der Waals surface area contributed by atoms with Gasteiger partial charge in [0.15, 0.2) is 0 Å². The summed E-state index contributed by atoms with van der Waals surface area (Å²) in [5.74, 6) is 0. The third-order valence-corrected chi connectivity index (χ3v) is 4.74. The van der Waals surface area contributed by atoms with Crippen molar-refractivity contribution < 1.29 is 5.48 Å². The Morgan fingerprint density at radius 3 is 1.23 bits per heavy atom. The predicted molar refractivity (Wildman–Crippen MR) is 98.9 cm³/mol. The van der Waals surface area contributed by atoms with Crippen LogP contribution in [-0.2, 0) is 0 Å². The molecule has 0 spiro atoms. The molecule has 0 radical (unpaired) electrons. The summed E-state index contributed by atoms with van der Waals surface area (Å²) in [6.45, 7) is 6.37. The van der Waals surface area contributed by atoms with Crippen LogP contribution in [0.4, 0.5) is 0 Å². The highest BCUT2D eigenvalue weighted by molar-refractivity contribution is 4.64. The Bertz CT molecular complexity index is 216. The maximum absolute atomic E-state index is 10.8. The molecule has 0 saturated heterocycles. The van der Waals surface area contributed by atoms with Gasteiger partial charge in [-0.25, -0.2) is 0 Å². The molecule has 2 N–H and O–H groups in total. The van der Waals surface area contributed by atoms with Gasteiger partial charge in [0.25, 0.3) is 0 Å². The van der Waals surface area contributed by atoms with Crippen LogP contribution in [0, 0.1) is 5.21 Å². The van der Waals surface area contributed by atoms with Gasteiger partial charge in [-0.3, -0.25) is 0 Å². The zero-order valence-corrected chi connectivity index (χ0v) is 15.8. The molecule has 0 aromatic heterocycles. The van der Waals surface area contributed by atoms with Crippen LogP contribution in [0.5, 0.6) is 0 Å². The van der Waals surface area contributed by atoms with Crippen LogP contribution in [0.2, 0.25) is 0 Å². The van der Waals surface area contributed by atoms with Crippen LogP contribution in [0.25, 0.3) is 0 Å². The number of rotatable bonds is 17. The van der Waals surface area contributed by atoms with Crippen molar-refractivity contribution in [1.29, 1.82) is 0 Å². The Balaban J connectivity index is 3.06. The Hall–Kier alpha value is -0.0800. The first kappa shape index (κ1) is 21.9. The summed E-state index contributed by atoms with van der Waals surface area (Å²) in [4.78, 5) is 0. The molecule has 0 heterocycles. The van der Waals surface area contributed by atoms with E-state index in [0.717, 1.165) is 11.9 Å². The van der Waals surface area contributed by atoms with Crippen molar-refractivity contribution in [3.05, 3.63) is 5.21 Å². The van der Waals surface area contributed by atoms with Crippen molar-refractivity contribution in [3.63, 3.8) is 0 Å². The first-order chi connectivity index (χ1) is 10.6. The van der Waals surface area contributed by atoms with E-state index in [4.69, 9.17) is 0 Å². The summed E-state index contributed by atoms with van der Waals surface area (Å²) in [6, 6.07) is 0. The van der Waals surface area contributed by atoms with Crippen molar-refractivity contribution in [1.82, 2.24) is 0 Å². The van der Waals surface area contributed by atoms with Crippen LogP contribution in [-0.4, -0.2) is 5.54 Å². The highest BCUT2D eigenvalue weighted by atomic mass is 16.5. The molecule has 0 fully saturated rings. The first-order valence-electron chi connectivity index (χ1n) is 10.1. The van der Waals surface area contributed by atoms with Gasteiger partial charge in [0.1, 0.15) is 0 Å². The minimum atomic E-state index is -0.101. The normalized spacial score (nSPS) is 12.0. The average Bonchev–Trinajstić information content (AvgIpc) is 2.51. The zero-order valence-electron chi connectivity index (χ0n) is 15.8. The number of nitrogens with two attached hydrogens (primary N) is 1. The van der Waals surface area contributed by atoms with E-state index >= 15 is 0 Å². The zero-order chi connectivity index (χ0) is 16.5. The van der Waals surface area contributed by atoms with Crippen LogP contribution in [0.3, 0.4) is 0 Å². The van der Waals surface area contributed by atoms with E-state index in [1.54, 1.807) is 0 Å². The molecule has 0 rings (SSSR count). The van der Waals surface area contributed by atoms with Gasteiger partial charge in [-0.15, -0.1) is 0 Å². The summed E-state index contributed by atoms with van der Waals surface area (Å²) in [6.07, 6.45) is 22.1. The molecule has 0 aliphatic carbocycles. The molecule has 2 nitrogen and oxygen atoms in total. The lowest BCUT2D eigenvalue weighted by Gasteiger charge is -2.24. The van der Waals surface area contributed by atoms with E-state index in [9.17, 15) is 5.21 Å². The molecule has 134 valence electrons. The smallest absolute Gasteiger partial charge is 0.0901 e. The van der Waals surface area contributed by atoms with Crippen LogP contribution in [0.15, 0.2) is 0 Å². The first-order valence-corrected chi connectivity index (χ1v) is 10.1. The van der Waals surface area contributed by atoms with Gasteiger partial charge >= 0.3 is 0 Å². The SMILES string of the molecule is CCCCCCCCCCCCCCCCCC(C)(C)[NH2+][O-]. The number of hydrogen-bond acceptors (Lipinski definition) is 1. The Morgan fingerprint density at radius 2 is 0.909 bits per heavy atom. The van der Waals surface area contributed by atoms with Gasteiger partial charge in [-0.1, -0.05) is 96.8 Å². The van der Waals surface area contributed by atoms with Crippen LogP contribution < -0.4 is 5.48 Å². The third-order valence-electron chi connectivity index (χ3n) is 4.74. The van der Waals surface area contributed by atoms with E-state index in [-0.39, 0.29) is 5.54 Å². The molecule has 0 aromatic carbocycles. The molecule has 0 unspecified atom stereocenters. The fraction of sp³-hybridized carbons (Fsp3) is 1.00. The Morgan fingerprint density at radius 1 is 0.591 bits per heavy atom. The van der Waals surface area contributed by atoms with E-state index < -0.39 is 0 Å². The summed E-state index contributed by atoms with van der Waals surface area (Å²) in [5.41, 5.74) is 1.01. The molecule has 0 atom stereocenters. The Kier molecular flexibility index (Phi) is 15.7. The van der Waals surface area contributed by atoms with Gasteiger partial charge in [0.05, 0.1) is 5.54 Å². The molecule has 0 aromatic rings. The van der Waals surface area contributed by atoms with Gasteiger partial charge < -0.3 is 10.7 Å². The molecule has 0 bridgehead atoms. The second kappa shape index (κ2) is 15.8. The highest BCUT2D eigenvalue weighted by Crippen LogP contribution is 2.15. The fourth-order valence-corrected chi connectivity index (χ4v) is 3.01. The molecular formula is C20H43NO. The molecule has 0 aliphatic heterocycles. The fourth-order valence-electron chi connectivity index (χ4n) is 3.01. The molecule has 0 aliphatic rings. The van der Waals surface area contributed by atoms with Crippen molar-refractivity contribution in [2.24, 2.45) is 0 Å². The molecule has 0 amide bonds. The van der Waals surface area contributed by atoms with Gasteiger partial charge in [0.2, 0.25) is 0 Å². The largest absolute Gasteiger partial charge is 0.635 e. The predicted octanol–water partition coefficient (Wildman–Crippen LogP) is 6.09. The molecule has 22 heavy (non-hydrogen) atoms. The summed E-state index contributed by atoms with van der Waals surface area (Å²) >= 11 is 0. The maximum atomic E-state index is 10.8. The standard InChI is InChI=1S/C20H43NO/c1-4-5-6-7-8-9-10-11-12-13-14-15-16-17-18-19-20(2,3)21-22/h4-19,21H2,1-3H3. The topological polar surface area (TPSA) is 39.7 Å². The van der Waals surface area contributed by atoms with Crippen LogP contribution in [0.1, 0.15) is 124 Å². The number of hydrogen-bond donors (Lipinski definition) is 1. The van der Waals surface area contributed by atoms with Crippen molar-refractivity contribution in [2.45, 2.75) is 129 Å². The van der Waals surface area contributed by atoms with Gasteiger partial charge in [-0.2, -0.15) is 0 Å². The number of hydroxylamine groups is 1. The third kappa shape index (κ3) is 16.3. The number of quaternary nitrogens is 1. The highest BCUT2D eigenvalue weighted by Gasteiger charge is 2.15. The second-order valence-corrected chi connectivity index (χ2v) is 7.81. The summed E-state index contributed by atoms with van der Waals surface area (Å²) in [7, 11) is 0. The monoisotopic (exact) mass is 313 g/mol. The lowest BCUT2D eigenvalue weighted by atomic mass is 9.97. The minimum Gasteiger partial charge on any atom is -0.635 e. The van der Waals surface area contributed by atoms with E-state index in [1.807, 2.05) is 13.8 Å². The van der Waals surface area contributed by atoms with Crippen molar-refractivity contribution in [3.8, 4) is 0 Å². The summed E-state index contributed by atoms with van der Waals surface area (Å²) in [5, 5.41) is 10.8. The average molecular weight is 314 g/mol. The maximum Gasteiger partial charge on any atom is 0.0901 e. The second-order valence-electron chi connectivity index (χ2n) is 7.81. The number of unbranched alkanes of at least 4 members (excludes halogenated alkanes) is 14. The summed E-state index contributed by atoms with van der Waals surface area (Å²) < 4.78 is 0. The van der Waals surface area contributed by atoms with Crippen molar-refractivity contribution >= 4 is 0 Å². The van der Waals surface area contributed by atoms with Crippen LogP contribution >= 0.6 is 0 Å². The van der Waals surface area contributed by atoms with E-state index in [0.29, 0.717) is 0 Å². The van der Waals surface area contributed by atoms with E-state index in [1.165, 1.54) is 96.3 Å². The van der Waals surface area contributed by atoms with Gasteiger partial charge in [0, 0.05) is 6.42 Å². The molecule has 0 saturated carbocycles. The quantitative estimate of drug-likeness (QED) is 0.256. The van der Waals surface area contributed by atoms with Gasteiger partial charge in [-0.05, 0) is 20.3 Å². The lowest BCUT2D eigenvalue weighted by molar-refractivity contribution is -0.663.